The van der Waals surface area contributed by atoms with Crippen LogP contribution in [0, 0.1) is 5.41 Å². The van der Waals surface area contributed by atoms with Gasteiger partial charge in [0.2, 0.25) is 0 Å². The van der Waals surface area contributed by atoms with Crippen LogP contribution in [0.1, 0.15) is 0 Å². The number of phosphoric acid groups is 3. The predicted molar refractivity (Wildman–Crippen MR) is 64.5 cm³/mol. The standard InChI is InChI=1S/C4H12N3O11P3/c1-7(4(5)6)2-3(8)16-20(12,13)18-21(14,15)17-19(9,10)11/h2H2,1H3,(H3,5,6)(H,12,13)(H,14,15)(H2,9,10,11). The molecule has 0 bridgehead atoms. The molecular formula is C4H12N3O11P3. The normalized spacial score (nSPS) is 17.4. The van der Waals surface area contributed by atoms with Gasteiger partial charge in [-0.3, -0.25) is 10.3 Å². The molecule has 0 aromatic rings. The molecule has 0 aliphatic carbocycles. The Hall–Kier alpha value is -0.810. The van der Waals surface area contributed by atoms with E-state index in [-0.39, 0.29) is 0 Å². The van der Waals surface area contributed by atoms with Crippen molar-refractivity contribution in [3.05, 3.63) is 0 Å². The minimum Gasteiger partial charge on any atom is -0.370 e. The van der Waals surface area contributed by atoms with E-state index in [1.165, 1.54) is 0 Å². The third-order valence-corrected chi connectivity index (χ3v) is 5.17. The molecule has 21 heavy (non-hydrogen) atoms. The van der Waals surface area contributed by atoms with Gasteiger partial charge in [-0.1, -0.05) is 0 Å². The number of hydrogen-bond donors (Lipinski definition) is 6. The Bertz CT molecular complexity index is 555. The Morgan fingerprint density at radius 3 is 2.00 bits per heavy atom. The van der Waals surface area contributed by atoms with Gasteiger partial charge in [-0.05, 0) is 0 Å². The third-order valence-electron chi connectivity index (χ3n) is 1.41. The number of guanidine groups is 1. The van der Waals surface area contributed by atoms with Crippen LogP contribution in [0.15, 0.2) is 0 Å². The Labute approximate surface area is 117 Å². The van der Waals surface area contributed by atoms with Gasteiger partial charge in [0, 0.05) is 7.05 Å². The maximum atomic E-state index is 11.2. The quantitative estimate of drug-likeness (QED) is 0.173. The smallest absolute Gasteiger partial charge is 0.370 e. The van der Waals surface area contributed by atoms with Crippen molar-refractivity contribution in [3.8, 4) is 0 Å². The zero-order valence-corrected chi connectivity index (χ0v) is 12.9. The van der Waals surface area contributed by atoms with Crippen LogP contribution < -0.4 is 5.73 Å². The number of carbonyl (C=O) groups excluding carboxylic acids is 1. The summed E-state index contributed by atoms with van der Waals surface area (Å²) in [6.45, 7) is -0.779. The van der Waals surface area contributed by atoms with Gasteiger partial charge in [0.25, 0.3) is 0 Å². The fourth-order valence-corrected chi connectivity index (χ4v) is 3.69. The van der Waals surface area contributed by atoms with E-state index in [9.17, 15) is 18.5 Å². The van der Waals surface area contributed by atoms with Gasteiger partial charge >= 0.3 is 29.4 Å². The van der Waals surface area contributed by atoms with Gasteiger partial charge in [0.15, 0.2) is 5.96 Å². The highest BCUT2D eigenvalue weighted by Gasteiger charge is 2.42. The summed E-state index contributed by atoms with van der Waals surface area (Å²) in [7, 11) is -15.5. The number of hydrogen-bond acceptors (Lipinski definition) is 8. The summed E-state index contributed by atoms with van der Waals surface area (Å²) in [6.07, 6.45) is 0. The van der Waals surface area contributed by atoms with Gasteiger partial charge in [-0.15, -0.1) is 0 Å². The molecule has 0 rings (SSSR count). The van der Waals surface area contributed by atoms with Gasteiger partial charge in [-0.2, -0.15) is 8.62 Å². The van der Waals surface area contributed by atoms with E-state index in [1.54, 1.807) is 0 Å². The van der Waals surface area contributed by atoms with Gasteiger partial charge in [0.1, 0.15) is 6.54 Å². The average Bonchev–Trinajstić information content (AvgIpc) is 2.08. The number of rotatable bonds is 7. The summed E-state index contributed by atoms with van der Waals surface area (Å²) in [5, 5.41) is 6.91. The van der Waals surface area contributed by atoms with Gasteiger partial charge in [0.05, 0.1) is 0 Å². The van der Waals surface area contributed by atoms with Gasteiger partial charge < -0.3 is 29.8 Å². The highest BCUT2D eigenvalue weighted by Crippen LogP contribution is 2.66. The molecule has 0 fully saturated rings. The molecule has 0 saturated heterocycles. The molecule has 124 valence electrons. The topological polar surface area (TPSA) is 230 Å². The SMILES string of the molecule is CN(CC(=O)OP(=O)(O)OP(=O)(O)OP(=O)(O)O)C(=N)N. The van der Waals surface area contributed by atoms with E-state index >= 15 is 0 Å². The number of nitrogens with zero attached hydrogens (tertiary/aromatic N) is 1. The highest BCUT2D eigenvalue weighted by atomic mass is 31.3. The molecular weight excluding hydrogens is 359 g/mol. The number of nitrogens with one attached hydrogen (secondary N) is 1. The first-order valence-electron chi connectivity index (χ1n) is 4.55. The lowest BCUT2D eigenvalue weighted by Gasteiger charge is -2.18. The minimum absolute atomic E-state index is 0.585. The molecule has 0 aliphatic heterocycles. The molecule has 17 heteroatoms. The zero-order chi connectivity index (χ0) is 17.1. The molecule has 2 unspecified atom stereocenters. The van der Waals surface area contributed by atoms with E-state index < -0.39 is 41.9 Å². The van der Waals surface area contributed by atoms with Crippen molar-refractivity contribution in [3.63, 3.8) is 0 Å². The van der Waals surface area contributed by atoms with E-state index in [0.29, 0.717) is 0 Å². The number of likely N-dealkylation sites (N-methyl/N-ethyl adjacent to an activating group) is 1. The summed E-state index contributed by atoms with van der Waals surface area (Å²) < 4.78 is 43.0. The van der Waals surface area contributed by atoms with Crippen molar-refractivity contribution in [1.29, 1.82) is 5.41 Å². The third kappa shape index (κ3) is 9.69. The van der Waals surface area contributed by atoms with Crippen molar-refractivity contribution < 1.29 is 51.2 Å². The van der Waals surface area contributed by atoms with Crippen LogP contribution in [0.5, 0.6) is 0 Å². The van der Waals surface area contributed by atoms with E-state index in [0.717, 1.165) is 11.9 Å². The van der Waals surface area contributed by atoms with Crippen LogP contribution >= 0.6 is 23.5 Å². The van der Waals surface area contributed by atoms with Crippen molar-refractivity contribution >= 4 is 35.4 Å². The summed E-state index contributed by atoms with van der Waals surface area (Å²) in [5.74, 6) is -2.06. The maximum Gasteiger partial charge on any atom is 0.538 e. The number of carbonyl (C=O) groups is 1. The number of nitrogens with two attached hydrogens (primary N) is 1. The Balaban J connectivity index is 4.74. The number of phosphoric ester groups is 1. The lowest BCUT2D eigenvalue weighted by molar-refractivity contribution is -0.135. The van der Waals surface area contributed by atoms with Crippen LogP contribution in [-0.2, 0) is 31.6 Å². The van der Waals surface area contributed by atoms with Crippen LogP contribution in [0.2, 0.25) is 0 Å². The second-order valence-corrected chi connectivity index (χ2v) is 7.64. The van der Waals surface area contributed by atoms with Crippen LogP contribution in [0.3, 0.4) is 0 Å². The summed E-state index contributed by atoms with van der Waals surface area (Å²) in [4.78, 5) is 46.3. The van der Waals surface area contributed by atoms with Crippen LogP contribution in [0.4, 0.5) is 0 Å². The minimum atomic E-state index is -5.68. The van der Waals surface area contributed by atoms with Crippen molar-refractivity contribution in [2.24, 2.45) is 5.73 Å². The second kappa shape index (κ2) is 6.97. The Morgan fingerprint density at radius 2 is 1.62 bits per heavy atom. The van der Waals surface area contributed by atoms with Crippen LogP contribution in [-0.4, -0.2) is 50.0 Å². The predicted octanol–water partition coefficient (Wildman–Crippen LogP) is -1.32. The summed E-state index contributed by atoms with van der Waals surface area (Å²) in [5.41, 5.74) is 4.97. The maximum absolute atomic E-state index is 11.2. The van der Waals surface area contributed by atoms with E-state index in [4.69, 9.17) is 30.7 Å². The monoisotopic (exact) mass is 371 g/mol. The van der Waals surface area contributed by atoms with Crippen molar-refractivity contribution in [1.82, 2.24) is 4.90 Å². The Morgan fingerprint density at radius 1 is 1.14 bits per heavy atom. The van der Waals surface area contributed by atoms with Crippen LogP contribution in [0.25, 0.3) is 0 Å². The Kier molecular flexibility index (Phi) is 6.70. The first-order valence-corrected chi connectivity index (χ1v) is 9.07. The molecule has 2 atom stereocenters. The molecule has 7 N–H and O–H groups in total. The molecule has 0 heterocycles. The molecule has 0 spiro atoms. The lowest BCUT2D eigenvalue weighted by atomic mass is 10.6. The first-order chi connectivity index (χ1) is 9.14. The lowest BCUT2D eigenvalue weighted by Crippen LogP contribution is -2.37. The average molecular weight is 371 g/mol. The molecule has 0 amide bonds. The molecule has 14 nitrogen and oxygen atoms in total. The van der Waals surface area contributed by atoms with E-state index in [2.05, 4.69) is 13.1 Å². The molecule has 0 aliphatic rings. The second-order valence-electron chi connectivity index (χ2n) is 3.30. The summed E-state index contributed by atoms with van der Waals surface area (Å²) >= 11 is 0. The molecule has 0 aromatic carbocycles. The largest absolute Gasteiger partial charge is 0.538 e. The highest BCUT2D eigenvalue weighted by molar-refractivity contribution is 7.66. The fraction of sp³-hybridized carbons (Fsp3) is 0.500. The zero-order valence-electron chi connectivity index (χ0n) is 10.2. The van der Waals surface area contributed by atoms with Crippen molar-refractivity contribution in [2.45, 2.75) is 0 Å². The molecule has 0 radical (unpaired) electrons. The van der Waals surface area contributed by atoms with Gasteiger partial charge in [-0.25, -0.2) is 18.5 Å². The molecule has 0 saturated carbocycles. The first kappa shape index (κ1) is 20.2. The summed E-state index contributed by atoms with van der Waals surface area (Å²) in [6, 6.07) is 0. The van der Waals surface area contributed by atoms with Crippen molar-refractivity contribution in [2.75, 3.05) is 13.6 Å². The fourth-order valence-electron chi connectivity index (χ4n) is 0.733. The van der Waals surface area contributed by atoms with E-state index in [1.807, 2.05) is 0 Å². The molecule has 0 aromatic heterocycles.